The number of ether oxygens (including phenoxy) is 1. The molecular formula is C15H22N2O2. The van der Waals surface area contributed by atoms with Gasteiger partial charge in [0.2, 0.25) is 0 Å². The van der Waals surface area contributed by atoms with Gasteiger partial charge in [0.25, 0.3) is 5.91 Å². The maximum absolute atomic E-state index is 12.4. The number of benzene rings is 1. The molecule has 1 fully saturated rings. The first-order valence-electron chi connectivity index (χ1n) is 6.82. The summed E-state index contributed by atoms with van der Waals surface area (Å²) in [7, 11) is 1.71. The predicted octanol–water partition coefficient (Wildman–Crippen LogP) is 1.30. The summed E-state index contributed by atoms with van der Waals surface area (Å²) in [6, 6.07) is 7.78. The number of hydrogen-bond acceptors (Lipinski definition) is 3. The summed E-state index contributed by atoms with van der Waals surface area (Å²) >= 11 is 0. The monoisotopic (exact) mass is 262 g/mol. The molecule has 0 saturated carbocycles. The third-order valence-corrected chi connectivity index (χ3v) is 3.58. The lowest BCUT2D eigenvalue weighted by Gasteiger charge is -2.17. The largest absolute Gasteiger partial charge is 0.384 e. The molecule has 1 unspecified atom stereocenters. The van der Waals surface area contributed by atoms with Crippen molar-refractivity contribution >= 4 is 5.91 Å². The molecule has 1 aromatic rings. The minimum absolute atomic E-state index is 0.123. The fraction of sp³-hybridized carbons (Fsp3) is 0.533. The number of likely N-dealkylation sites (tertiary alicyclic amines) is 1. The van der Waals surface area contributed by atoms with Crippen LogP contribution in [0.1, 0.15) is 22.3 Å². The molecule has 1 aliphatic heterocycles. The van der Waals surface area contributed by atoms with E-state index in [0.29, 0.717) is 12.5 Å². The molecule has 104 valence electrons. The van der Waals surface area contributed by atoms with Crippen LogP contribution in [0.4, 0.5) is 0 Å². The molecule has 0 aliphatic carbocycles. The molecule has 2 rings (SSSR count). The number of nitrogens with zero attached hydrogens (tertiary/aromatic N) is 1. The average molecular weight is 262 g/mol. The van der Waals surface area contributed by atoms with Crippen molar-refractivity contribution in [3.8, 4) is 0 Å². The number of amides is 1. The van der Waals surface area contributed by atoms with Gasteiger partial charge in [0, 0.05) is 31.7 Å². The fourth-order valence-corrected chi connectivity index (χ4v) is 2.60. The normalized spacial score (nSPS) is 18.8. The van der Waals surface area contributed by atoms with E-state index in [4.69, 9.17) is 10.5 Å². The van der Waals surface area contributed by atoms with Crippen molar-refractivity contribution in [1.29, 1.82) is 0 Å². The zero-order chi connectivity index (χ0) is 13.7. The van der Waals surface area contributed by atoms with Crippen LogP contribution < -0.4 is 5.73 Å². The summed E-state index contributed by atoms with van der Waals surface area (Å²) in [5.74, 6) is 0.596. The van der Waals surface area contributed by atoms with E-state index < -0.39 is 0 Å². The van der Waals surface area contributed by atoms with Crippen LogP contribution in [-0.4, -0.2) is 44.2 Å². The van der Waals surface area contributed by atoms with Gasteiger partial charge in [-0.3, -0.25) is 4.79 Å². The second-order valence-corrected chi connectivity index (χ2v) is 5.10. The molecule has 1 aromatic carbocycles. The first kappa shape index (κ1) is 14.0. The Morgan fingerprint density at radius 3 is 3.11 bits per heavy atom. The number of rotatable bonds is 5. The molecule has 0 bridgehead atoms. The van der Waals surface area contributed by atoms with E-state index in [9.17, 15) is 4.79 Å². The molecule has 0 spiro atoms. The van der Waals surface area contributed by atoms with E-state index in [1.165, 1.54) is 0 Å². The first-order valence-corrected chi connectivity index (χ1v) is 6.82. The van der Waals surface area contributed by atoms with Gasteiger partial charge in [0.15, 0.2) is 0 Å². The topological polar surface area (TPSA) is 55.6 Å². The van der Waals surface area contributed by atoms with Gasteiger partial charge in [0.05, 0.1) is 6.61 Å². The van der Waals surface area contributed by atoms with Crippen LogP contribution in [0.3, 0.4) is 0 Å². The standard InChI is InChI=1S/C15H22N2O2/c1-19-11-13-6-8-17(10-13)15(18)14-4-2-3-12(9-14)5-7-16/h2-4,9,13H,5-8,10-11,16H2,1H3. The van der Waals surface area contributed by atoms with E-state index in [-0.39, 0.29) is 5.91 Å². The lowest BCUT2D eigenvalue weighted by Crippen LogP contribution is -2.29. The van der Waals surface area contributed by atoms with Crippen LogP contribution in [0.15, 0.2) is 24.3 Å². The summed E-state index contributed by atoms with van der Waals surface area (Å²) in [5.41, 5.74) is 7.44. The molecule has 0 radical (unpaired) electrons. The maximum atomic E-state index is 12.4. The molecule has 1 atom stereocenters. The van der Waals surface area contributed by atoms with Gasteiger partial charge in [-0.15, -0.1) is 0 Å². The van der Waals surface area contributed by atoms with Gasteiger partial charge in [-0.05, 0) is 37.1 Å². The van der Waals surface area contributed by atoms with E-state index in [0.717, 1.165) is 43.7 Å². The Balaban J connectivity index is 2.01. The lowest BCUT2D eigenvalue weighted by atomic mass is 10.1. The highest BCUT2D eigenvalue weighted by Gasteiger charge is 2.26. The maximum Gasteiger partial charge on any atom is 0.253 e. The minimum Gasteiger partial charge on any atom is -0.384 e. The number of hydrogen-bond donors (Lipinski definition) is 1. The van der Waals surface area contributed by atoms with Crippen molar-refractivity contribution < 1.29 is 9.53 Å². The predicted molar refractivity (Wildman–Crippen MR) is 75.1 cm³/mol. The Morgan fingerprint density at radius 1 is 1.53 bits per heavy atom. The Kier molecular flexibility index (Phi) is 4.93. The lowest BCUT2D eigenvalue weighted by molar-refractivity contribution is 0.0775. The van der Waals surface area contributed by atoms with E-state index in [2.05, 4.69) is 0 Å². The molecule has 2 N–H and O–H groups in total. The highest BCUT2D eigenvalue weighted by Crippen LogP contribution is 2.19. The van der Waals surface area contributed by atoms with Crippen LogP contribution in [0.25, 0.3) is 0 Å². The molecule has 0 aromatic heterocycles. The van der Waals surface area contributed by atoms with Crippen LogP contribution in [0.5, 0.6) is 0 Å². The molecule has 4 heteroatoms. The Bertz CT molecular complexity index is 434. The first-order chi connectivity index (χ1) is 9.24. The number of carbonyl (C=O) groups is 1. The van der Waals surface area contributed by atoms with Crippen molar-refractivity contribution in [2.45, 2.75) is 12.8 Å². The number of carbonyl (C=O) groups excluding carboxylic acids is 1. The van der Waals surface area contributed by atoms with E-state index in [1.54, 1.807) is 7.11 Å². The summed E-state index contributed by atoms with van der Waals surface area (Å²) in [5, 5.41) is 0. The van der Waals surface area contributed by atoms with E-state index in [1.807, 2.05) is 29.2 Å². The summed E-state index contributed by atoms with van der Waals surface area (Å²) < 4.78 is 5.16. The van der Waals surface area contributed by atoms with Gasteiger partial charge >= 0.3 is 0 Å². The molecule has 19 heavy (non-hydrogen) atoms. The van der Waals surface area contributed by atoms with Crippen LogP contribution >= 0.6 is 0 Å². The Morgan fingerprint density at radius 2 is 2.37 bits per heavy atom. The molecule has 1 heterocycles. The van der Waals surface area contributed by atoms with Crippen molar-refractivity contribution in [2.24, 2.45) is 11.7 Å². The van der Waals surface area contributed by atoms with Gasteiger partial charge in [-0.1, -0.05) is 12.1 Å². The summed E-state index contributed by atoms with van der Waals surface area (Å²) in [6.45, 7) is 2.97. The average Bonchev–Trinajstić information content (AvgIpc) is 2.88. The van der Waals surface area contributed by atoms with Gasteiger partial charge in [0.1, 0.15) is 0 Å². The third kappa shape index (κ3) is 3.55. The molecule has 1 aliphatic rings. The highest BCUT2D eigenvalue weighted by molar-refractivity contribution is 5.94. The van der Waals surface area contributed by atoms with E-state index >= 15 is 0 Å². The Hall–Kier alpha value is -1.39. The van der Waals surface area contributed by atoms with Crippen molar-refractivity contribution in [3.05, 3.63) is 35.4 Å². The smallest absolute Gasteiger partial charge is 0.253 e. The van der Waals surface area contributed by atoms with Crippen LogP contribution in [0, 0.1) is 5.92 Å². The number of nitrogens with two attached hydrogens (primary N) is 1. The van der Waals surface area contributed by atoms with Crippen molar-refractivity contribution in [3.63, 3.8) is 0 Å². The number of methoxy groups -OCH3 is 1. The van der Waals surface area contributed by atoms with Gasteiger partial charge in [-0.25, -0.2) is 0 Å². The second-order valence-electron chi connectivity index (χ2n) is 5.10. The van der Waals surface area contributed by atoms with Crippen LogP contribution in [-0.2, 0) is 11.2 Å². The van der Waals surface area contributed by atoms with Gasteiger partial charge < -0.3 is 15.4 Å². The van der Waals surface area contributed by atoms with Crippen LogP contribution in [0.2, 0.25) is 0 Å². The second kappa shape index (κ2) is 6.68. The quantitative estimate of drug-likeness (QED) is 0.870. The van der Waals surface area contributed by atoms with Crippen molar-refractivity contribution in [2.75, 3.05) is 33.4 Å². The Labute approximate surface area is 114 Å². The molecule has 4 nitrogen and oxygen atoms in total. The summed E-state index contributed by atoms with van der Waals surface area (Å²) in [4.78, 5) is 14.3. The van der Waals surface area contributed by atoms with Gasteiger partial charge in [-0.2, -0.15) is 0 Å². The molecule has 1 saturated heterocycles. The zero-order valence-electron chi connectivity index (χ0n) is 11.5. The molecular weight excluding hydrogens is 240 g/mol. The fourth-order valence-electron chi connectivity index (χ4n) is 2.60. The molecule has 1 amide bonds. The highest BCUT2D eigenvalue weighted by atomic mass is 16.5. The van der Waals surface area contributed by atoms with Crippen molar-refractivity contribution in [1.82, 2.24) is 4.90 Å². The summed E-state index contributed by atoms with van der Waals surface area (Å²) in [6.07, 6.45) is 1.84. The third-order valence-electron chi connectivity index (χ3n) is 3.58. The SMILES string of the molecule is COCC1CCN(C(=O)c2cccc(CCN)c2)C1. The minimum atomic E-state index is 0.123. The zero-order valence-corrected chi connectivity index (χ0v) is 11.5.